The summed E-state index contributed by atoms with van der Waals surface area (Å²) in [6.45, 7) is 3.04. The first-order valence-electron chi connectivity index (χ1n) is 9.96. The summed E-state index contributed by atoms with van der Waals surface area (Å²) >= 11 is 0. The van der Waals surface area contributed by atoms with E-state index in [2.05, 4.69) is 25.2 Å². The molecule has 1 aliphatic heterocycles. The Balaban J connectivity index is 1.78. The van der Waals surface area contributed by atoms with E-state index in [1.807, 2.05) is 6.08 Å². The van der Waals surface area contributed by atoms with E-state index in [1.165, 1.54) is 12.8 Å². The lowest BCUT2D eigenvalue weighted by Gasteiger charge is -2.28. The first-order chi connectivity index (χ1) is 12.1. The molecule has 5 atom stereocenters. The second-order valence-corrected chi connectivity index (χ2v) is 7.55. The van der Waals surface area contributed by atoms with Gasteiger partial charge in [0, 0.05) is 12.3 Å². The molecule has 0 aromatic heterocycles. The van der Waals surface area contributed by atoms with Gasteiger partial charge in [0.2, 0.25) is 0 Å². The van der Waals surface area contributed by atoms with Gasteiger partial charge in [0.25, 0.3) is 0 Å². The number of ether oxygens (including phenoxy) is 1. The molecule has 142 valence electrons. The van der Waals surface area contributed by atoms with Crippen LogP contribution < -0.4 is 0 Å². The summed E-state index contributed by atoms with van der Waals surface area (Å²) in [6.07, 6.45) is 16.7. The number of hydrogen-bond acceptors (Lipinski definition) is 3. The van der Waals surface area contributed by atoms with Gasteiger partial charge in [-0.05, 0) is 43.9 Å². The topological polar surface area (TPSA) is 66.8 Å². The fourth-order valence-electron chi connectivity index (χ4n) is 4.15. The van der Waals surface area contributed by atoms with Crippen molar-refractivity contribution in [3.05, 3.63) is 24.3 Å². The second-order valence-electron chi connectivity index (χ2n) is 7.55. The first kappa shape index (κ1) is 20.2. The van der Waals surface area contributed by atoms with Crippen molar-refractivity contribution in [2.75, 3.05) is 6.61 Å². The maximum Gasteiger partial charge on any atom is 0.303 e. The minimum Gasteiger partial charge on any atom is -0.481 e. The van der Waals surface area contributed by atoms with Crippen LogP contribution in [0.2, 0.25) is 0 Å². The fourth-order valence-corrected chi connectivity index (χ4v) is 4.15. The van der Waals surface area contributed by atoms with E-state index in [4.69, 9.17) is 9.84 Å². The van der Waals surface area contributed by atoms with Crippen molar-refractivity contribution in [1.29, 1.82) is 0 Å². The van der Waals surface area contributed by atoms with E-state index in [9.17, 15) is 9.90 Å². The van der Waals surface area contributed by atoms with Crippen molar-refractivity contribution < 1.29 is 19.7 Å². The van der Waals surface area contributed by atoms with Crippen LogP contribution in [0, 0.1) is 17.8 Å². The Morgan fingerprint density at radius 1 is 1.28 bits per heavy atom. The van der Waals surface area contributed by atoms with E-state index in [-0.39, 0.29) is 12.5 Å². The molecule has 0 spiro atoms. The lowest BCUT2D eigenvalue weighted by Crippen LogP contribution is -2.27. The maximum absolute atomic E-state index is 10.5. The molecule has 0 aromatic carbocycles. The standard InChI is InChI=1S/C21H34O4/c1-2-3-6-9-17(22)12-13-19-18(16-14-20(19)25-15-16)10-7-4-5-8-11-21(23)24/h4,7,12-13,16-20,22H,2-3,5-6,8-11,14-15H2,1H3,(H,23,24)/b7-4+,13-12+/t16-,17-,18-,19+,20+/m0/s1. The Labute approximate surface area is 152 Å². The number of aliphatic hydroxyl groups excluding tert-OH is 1. The Kier molecular flexibility index (Phi) is 8.70. The van der Waals surface area contributed by atoms with E-state index >= 15 is 0 Å². The average molecular weight is 350 g/mol. The molecule has 0 radical (unpaired) electrons. The zero-order chi connectivity index (χ0) is 18.1. The Morgan fingerprint density at radius 2 is 2.12 bits per heavy atom. The lowest BCUT2D eigenvalue weighted by atomic mass is 9.84. The summed E-state index contributed by atoms with van der Waals surface area (Å²) in [6, 6.07) is 0. The third-order valence-corrected chi connectivity index (χ3v) is 5.58. The van der Waals surface area contributed by atoms with Crippen molar-refractivity contribution in [3.63, 3.8) is 0 Å². The molecule has 1 aliphatic carbocycles. The number of aliphatic carboxylic acids is 1. The number of carbonyl (C=O) groups is 1. The third-order valence-electron chi connectivity index (χ3n) is 5.58. The van der Waals surface area contributed by atoms with Gasteiger partial charge in [-0.25, -0.2) is 0 Å². The van der Waals surface area contributed by atoms with Gasteiger partial charge in [0.05, 0.1) is 18.8 Å². The molecule has 0 amide bonds. The molecule has 0 aromatic rings. The summed E-state index contributed by atoms with van der Waals surface area (Å²) in [7, 11) is 0. The number of carboxylic acids is 1. The van der Waals surface area contributed by atoms with Crippen LogP contribution in [0.4, 0.5) is 0 Å². The lowest BCUT2D eigenvalue weighted by molar-refractivity contribution is -0.137. The average Bonchev–Trinajstić information content (AvgIpc) is 3.17. The highest BCUT2D eigenvalue weighted by molar-refractivity contribution is 5.66. The minimum absolute atomic E-state index is 0.244. The molecular weight excluding hydrogens is 316 g/mol. The fraction of sp³-hybridized carbons (Fsp3) is 0.762. The number of aliphatic hydroxyl groups is 1. The van der Waals surface area contributed by atoms with Crippen LogP contribution in [0.5, 0.6) is 0 Å². The molecule has 2 aliphatic rings. The number of fused-ring (bicyclic) bond motifs is 2. The van der Waals surface area contributed by atoms with Gasteiger partial charge in [-0.1, -0.05) is 50.5 Å². The summed E-state index contributed by atoms with van der Waals surface area (Å²) in [5, 5.41) is 18.8. The number of hydrogen-bond donors (Lipinski definition) is 2. The molecule has 25 heavy (non-hydrogen) atoms. The molecule has 1 saturated carbocycles. The smallest absolute Gasteiger partial charge is 0.303 e. The minimum atomic E-state index is -0.721. The Morgan fingerprint density at radius 3 is 2.88 bits per heavy atom. The van der Waals surface area contributed by atoms with Gasteiger partial charge in [-0.15, -0.1) is 0 Å². The molecule has 1 saturated heterocycles. The Bertz CT molecular complexity index is 457. The molecule has 2 bridgehead atoms. The van der Waals surface area contributed by atoms with Gasteiger partial charge in [0.1, 0.15) is 0 Å². The number of carboxylic acid groups (broad SMARTS) is 1. The SMILES string of the molecule is CCCCC[C@H](O)/C=C/[C@@H]1[C@@H](C/C=C/CCCC(=O)O)[C@@H]2CO[C@@H]1C2. The second kappa shape index (κ2) is 10.8. The summed E-state index contributed by atoms with van der Waals surface area (Å²) in [5.74, 6) is 0.902. The normalized spacial score (nSPS) is 29.8. The Hall–Kier alpha value is -1.13. The summed E-state index contributed by atoms with van der Waals surface area (Å²) in [5.41, 5.74) is 0. The summed E-state index contributed by atoms with van der Waals surface area (Å²) < 4.78 is 5.87. The monoisotopic (exact) mass is 350 g/mol. The van der Waals surface area contributed by atoms with Crippen molar-refractivity contribution in [1.82, 2.24) is 0 Å². The molecule has 0 unspecified atom stereocenters. The first-order valence-corrected chi connectivity index (χ1v) is 9.96. The summed E-state index contributed by atoms with van der Waals surface area (Å²) in [4.78, 5) is 10.5. The van der Waals surface area contributed by atoms with Crippen LogP contribution in [0.1, 0.15) is 64.7 Å². The van der Waals surface area contributed by atoms with Gasteiger partial charge < -0.3 is 14.9 Å². The van der Waals surface area contributed by atoms with Crippen LogP contribution in [-0.4, -0.2) is 35.0 Å². The molecule has 2 fully saturated rings. The largest absolute Gasteiger partial charge is 0.481 e. The van der Waals surface area contributed by atoms with E-state index in [0.29, 0.717) is 30.3 Å². The molecule has 2 N–H and O–H groups in total. The van der Waals surface area contributed by atoms with Crippen molar-refractivity contribution in [3.8, 4) is 0 Å². The maximum atomic E-state index is 10.5. The van der Waals surface area contributed by atoms with Crippen LogP contribution in [0.15, 0.2) is 24.3 Å². The van der Waals surface area contributed by atoms with Crippen LogP contribution in [0.3, 0.4) is 0 Å². The van der Waals surface area contributed by atoms with E-state index in [0.717, 1.165) is 38.7 Å². The highest BCUT2D eigenvalue weighted by Crippen LogP contribution is 2.47. The molecule has 4 nitrogen and oxygen atoms in total. The molecule has 4 heteroatoms. The number of rotatable bonds is 12. The van der Waals surface area contributed by atoms with Gasteiger partial charge in [-0.2, -0.15) is 0 Å². The zero-order valence-electron chi connectivity index (χ0n) is 15.5. The van der Waals surface area contributed by atoms with Crippen LogP contribution in [0.25, 0.3) is 0 Å². The van der Waals surface area contributed by atoms with E-state index in [1.54, 1.807) is 0 Å². The van der Waals surface area contributed by atoms with Gasteiger partial charge in [0.15, 0.2) is 0 Å². The number of unbranched alkanes of at least 4 members (excludes halogenated alkanes) is 3. The highest BCUT2D eigenvalue weighted by Gasteiger charge is 2.46. The van der Waals surface area contributed by atoms with Crippen molar-refractivity contribution in [2.45, 2.75) is 76.9 Å². The predicted molar refractivity (Wildman–Crippen MR) is 99.4 cm³/mol. The number of allylic oxidation sites excluding steroid dienone is 2. The van der Waals surface area contributed by atoms with Crippen molar-refractivity contribution in [2.24, 2.45) is 17.8 Å². The molecule has 1 heterocycles. The van der Waals surface area contributed by atoms with Gasteiger partial charge in [-0.3, -0.25) is 4.79 Å². The van der Waals surface area contributed by atoms with Crippen LogP contribution >= 0.6 is 0 Å². The van der Waals surface area contributed by atoms with Crippen LogP contribution in [-0.2, 0) is 9.53 Å². The van der Waals surface area contributed by atoms with Crippen molar-refractivity contribution >= 4 is 5.97 Å². The molecule has 2 rings (SSSR count). The zero-order valence-corrected chi connectivity index (χ0v) is 15.5. The predicted octanol–water partition coefficient (Wildman–Crippen LogP) is 4.34. The van der Waals surface area contributed by atoms with Gasteiger partial charge >= 0.3 is 5.97 Å². The molecular formula is C21H34O4. The van der Waals surface area contributed by atoms with E-state index < -0.39 is 5.97 Å². The third kappa shape index (κ3) is 6.59. The highest BCUT2D eigenvalue weighted by atomic mass is 16.5. The quantitative estimate of drug-likeness (QED) is 0.406.